The van der Waals surface area contributed by atoms with Gasteiger partial charge in [0.1, 0.15) is 11.5 Å². The van der Waals surface area contributed by atoms with E-state index < -0.39 is 0 Å². The van der Waals surface area contributed by atoms with E-state index in [-0.39, 0.29) is 23.4 Å². The molecular weight excluding hydrogens is 380 g/mol. The summed E-state index contributed by atoms with van der Waals surface area (Å²) in [5.74, 6) is 1.12. The van der Waals surface area contributed by atoms with Gasteiger partial charge in [-0.2, -0.15) is 0 Å². The summed E-state index contributed by atoms with van der Waals surface area (Å²) in [5, 5.41) is 12.3. The van der Waals surface area contributed by atoms with Crippen molar-refractivity contribution in [3.05, 3.63) is 59.7 Å². The Bertz CT molecular complexity index is 843. The zero-order chi connectivity index (χ0) is 21.3. The van der Waals surface area contributed by atoms with E-state index in [1.807, 2.05) is 31.2 Å². The van der Waals surface area contributed by atoms with Crippen LogP contribution in [0.3, 0.4) is 0 Å². The van der Waals surface area contributed by atoms with Crippen LogP contribution in [0.2, 0.25) is 0 Å². The molecule has 0 unspecified atom stereocenters. The van der Waals surface area contributed by atoms with Gasteiger partial charge in [-0.25, -0.2) is 0 Å². The quantitative estimate of drug-likeness (QED) is 0.490. The second-order valence-corrected chi connectivity index (χ2v) is 7.83. The molecular formula is C24H30N2O4. The first kappa shape index (κ1) is 21.8. The molecule has 0 aliphatic carbocycles. The standard InChI is InChI=1S/C24H30N2O4/c1-18-4-2-5-22(16-18)30-15-3-12-25-23(28)17-26-13-10-20(11-14-26)24(29)19-6-8-21(27)9-7-19/h2,4-9,16,20,27H,3,10-15,17H2,1H3,(H,25,28). The second kappa shape index (κ2) is 10.8. The number of aryl methyl sites for hydroxylation is 1. The summed E-state index contributed by atoms with van der Waals surface area (Å²) in [5.41, 5.74) is 1.80. The number of phenolic OH excluding ortho intramolecular Hbond substituents is 1. The van der Waals surface area contributed by atoms with Crippen LogP contribution in [0.5, 0.6) is 11.5 Å². The van der Waals surface area contributed by atoms with Crippen LogP contribution in [0, 0.1) is 12.8 Å². The van der Waals surface area contributed by atoms with Crippen LogP contribution >= 0.6 is 0 Å². The highest BCUT2D eigenvalue weighted by atomic mass is 16.5. The first-order chi connectivity index (χ1) is 14.5. The van der Waals surface area contributed by atoms with E-state index in [2.05, 4.69) is 10.2 Å². The number of hydrogen-bond donors (Lipinski definition) is 2. The molecule has 6 heteroatoms. The van der Waals surface area contributed by atoms with E-state index in [1.165, 1.54) is 0 Å². The molecule has 160 valence electrons. The third kappa shape index (κ3) is 6.59. The Morgan fingerprint density at radius 3 is 2.57 bits per heavy atom. The third-order valence-corrected chi connectivity index (χ3v) is 5.38. The number of nitrogens with zero attached hydrogens (tertiary/aromatic N) is 1. The topological polar surface area (TPSA) is 78.9 Å². The maximum atomic E-state index is 12.6. The maximum Gasteiger partial charge on any atom is 0.234 e. The van der Waals surface area contributed by atoms with E-state index in [9.17, 15) is 14.7 Å². The zero-order valence-corrected chi connectivity index (χ0v) is 17.5. The van der Waals surface area contributed by atoms with E-state index in [0.29, 0.717) is 25.3 Å². The molecule has 30 heavy (non-hydrogen) atoms. The average Bonchev–Trinajstić information content (AvgIpc) is 2.74. The molecule has 0 saturated carbocycles. The molecule has 1 amide bonds. The van der Waals surface area contributed by atoms with Crippen molar-refractivity contribution >= 4 is 11.7 Å². The van der Waals surface area contributed by atoms with E-state index in [4.69, 9.17) is 4.74 Å². The summed E-state index contributed by atoms with van der Waals surface area (Å²) in [4.78, 5) is 26.8. The average molecular weight is 411 g/mol. The van der Waals surface area contributed by atoms with Crippen molar-refractivity contribution in [2.24, 2.45) is 5.92 Å². The Balaban J connectivity index is 1.30. The molecule has 0 atom stereocenters. The molecule has 2 aromatic rings. The normalized spacial score (nSPS) is 15.0. The van der Waals surface area contributed by atoms with Gasteiger partial charge in [-0.15, -0.1) is 0 Å². The summed E-state index contributed by atoms with van der Waals surface area (Å²) < 4.78 is 5.69. The van der Waals surface area contributed by atoms with Crippen LogP contribution in [0.1, 0.15) is 35.2 Å². The Hall–Kier alpha value is -2.86. The van der Waals surface area contributed by atoms with Gasteiger partial charge in [0, 0.05) is 18.0 Å². The number of aromatic hydroxyl groups is 1. The minimum absolute atomic E-state index is 0.00821. The summed E-state index contributed by atoms with van der Waals surface area (Å²) in [7, 11) is 0. The Morgan fingerprint density at radius 2 is 1.87 bits per heavy atom. The van der Waals surface area contributed by atoms with Crippen LogP contribution in [-0.4, -0.2) is 54.5 Å². The Labute approximate surface area is 177 Å². The Kier molecular flexibility index (Phi) is 7.85. The van der Waals surface area contributed by atoms with Crippen LogP contribution in [0.4, 0.5) is 0 Å². The van der Waals surface area contributed by atoms with Gasteiger partial charge in [0.05, 0.1) is 13.2 Å². The highest BCUT2D eigenvalue weighted by Gasteiger charge is 2.26. The van der Waals surface area contributed by atoms with Gasteiger partial charge >= 0.3 is 0 Å². The van der Waals surface area contributed by atoms with Crippen molar-refractivity contribution in [3.8, 4) is 11.5 Å². The molecule has 1 fully saturated rings. The van der Waals surface area contributed by atoms with Crippen molar-refractivity contribution in [1.82, 2.24) is 10.2 Å². The number of carbonyl (C=O) groups is 2. The van der Waals surface area contributed by atoms with Crippen LogP contribution in [-0.2, 0) is 4.79 Å². The van der Waals surface area contributed by atoms with E-state index >= 15 is 0 Å². The molecule has 0 bridgehead atoms. The molecule has 0 spiro atoms. The number of likely N-dealkylation sites (tertiary alicyclic amines) is 1. The smallest absolute Gasteiger partial charge is 0.234 e. The number of carbonyl (C=O) groups excluding carboxylic acids is 2. The van der Waals surface area contributed by atoms with Gasteiger partial charge in [-0.3, -0.25) is 14.5 Å². The number of phenols is 1. The van der Waals surface area contributed by atoms with Crippen LogP contribution in [0.15, 0.2) is 48.5 Å². The first-order valence-corrected chi connectivity index (χ1v) is 10.5. The van der Waals surface area contributed by atoms with E-state index in [0.717, 1.165) is 43.7 Å². The van der Waals surface area contributed by atoms with Crippen LogP contribution < -0.4 is 10.1 Å². The zero-order valence-electron chi connectivity index (χ0n) is 17.5. The van der Waals surface area contributed by atoms with Crippen LogP contribution in [0.25, 0.3) is 0 Å². The van der Waals surface area contributed by atoms with Crippen molar-refractivity contribution < 1.29 is 19.4 Å². The number of hydrogen-bond acceptors (Lipinski definition) is 5. The Morgan fingerprint density at radius 1 is 1.13 bits per heavy atom. The molecule has 0 radical (unpaired) electrons. The molecule has 1 saturated heterocycles. The predicted molar refractivity (Wildman–Crippen MR) is 116 cm³/mol. The van der Waals surface area contributed by atoms with Gasteiger partial charge in [-0.1, -0.05) is 12.1 Å². The highest BCUT2D eigenvalue weighted by Crippen LogP contribution is 2.22. The second-order valence-electron chi connectivity index (χ2n) is 7.83. The van der Waals surface area contributed by atoms with Gasteiger partial charge in [-0.05, 0) is 81.2 Å². The summed E-state index contributed by atoms with van der Waals surface area (Å²) >= 11 is 0. The van der Waals surface area contributed by atoms with Gasteiger partial charge in [0.15, 0.2) is 5.78 Å². The first-order valence-electron chi connectivity index (χ1n) is 10.5. The number of amides is 1. The SMILES string of the molecule is Cc1cccc(OCCCNC(=O)CN2CCC(C(=O)c3ccc(O)cc3)CC2)c1. The fraction of sp³-hybridized carbons (Fsp3) is 0.417. The highest BCUT2D eigenvalue weighted by molar-refractivity contribution is 5.98. The lowest BCUT2D eigenvalue weighted by molar-refractivity contribution is -0.122. The van der Waals surface area contributed by atoms with Gasteiger partial charge in [0.2, 0.25) is 5.91 Å². The number of ether oxygens (including phenoxy) is 1. The van der Waals surface area contributed by atoms with Crippen molar-refractivity contribution in [1.29, 1.82) is 0 Å². The van der Waals surface area contributed by atoms with Crippen molar-refractivity contribution in [2.75, 3.05) is 32.8 Å². The summed E-state index contributed by atoms with van der Waals surface area (Å²) in [6, 6.07) is 14.3. The lowest BCUT2D eigenvalue weighted by Gasteiger charge is -2.30. The monoisotopic (exact) mass is 410 g/mol. The molecule has 2 N–H and O–H groups in total. The fourth-order valence-electron chi connectivity index (χ4n) is 3.67. The lowest BCUT2D eigenvalue weighted by atomic mass is 9.89. The number of ketones is 1. The third-order valence-electron chi connectivity index (χ3n) is 5.38. The fourth-order valence-corrected chi connectivity index (χ4v) is 3.67. The number of benzene rings is 2. The molecule has 1 heterocycles. The van der Waals surface area contributed by atoms with Gasteiger partial charge < -0.3 is 15.2 Å². The minimum atomic E-state index is -0.0207. The van der Waals surface area contributed by atoms with E-state index in [1.54, 1.807) is 24.3 Å². The largest absolute Gasteiger partial charge is 0.508 e. The molecule has 3 rings (SSSR count). The number of nitrogens with one attached hydrogen (secondary N) is 1. The summed E-state index contributed by atoms with van der Waals surface area (Å²) in [6.07, 6.45) is 2.25. The number of Topliss-reactive ketones (excluding diaryl/α,β-unsaturated/α-hetero) is 1. The molecule has 0 aromatic heterocycles. The maximum absolute atomic E-state index is 12.6. The minimum Gasteiger partial charge on any atom is -0.508 e. The molecule has 1 aliphatic rings. The van der Waals surface area contributed by atoms with Crippen molar-refractivity contribution in [2.45, 2.75) is 26.2 Å². The predicted octanol–water partition coefficient (Wildman–Crippen LogP) is 3.18. The number of piperidine rings is 1. The molecule has 6 nitrogen and oxygen atoms in total. The molecule has 1 aliphatic heterocycles. The lowest BCUT2D eigenvalue weighted by Crippen LogP contribution is -2.43. The summed E-state index contributed by atoms with van der Waals surface area (Å²) in [6.45, 7) is 5.00. The van der Waals surface area contributed by atoms with Crippen molar-refractivity contribution in [3.63, 3.8) is 0 Å². The van der Waals surface area contributed by atoms with Gasteiger partial charge in [0.25, 0.3) is 0 Å². The number of rotatable bonds is 9. The molecule has 2 aromatic carbocycles.